The van der Waals surface area contributed by atoms with Crippen molar-refractivity contribution in [3.63, 3.8) is 0 Å². The number of carbonyl (C=O) groups is 1. The van der Waals surface area contributed by atoms with Gasteiger partial charge in [0.1, 0.15) is 0 Å². The van der Waals surface area contributed by atoms with E-state index in [1.807, 2.05) is 40.7 Å². The second kappa shape index (κ2) is 7.69. The fourth-order valence-electron chi connectivity index (χ4n) is 2.51. The summed E-state index contributed by atoms with van der Waals surface area (Å²) in [6.45, 7) is 10.6. The Morgan fingerprint density at radius 2 is 2.07 bits per heavy atom. The van der Waals surface area contributed by atoms with E-state index in [1.54, 1.807) is 23.1 Å². The topological polar surface area (TPSA) is 98.7 Å². The summed E-state index contributed by atoms with van der Waals surface area (Å²) in [7, 11) is 0. The summed E-state index contributed by atoms with van der Waals surface area (Å²) in [5.41, 5.74) is 2.00. The molecule has 0 bridgehead atoms. The van der Waals surface area contributed by atoms with E-state index >= 15 is 0 Å². The first-order chi connectivity index (χ1) is 12.9. The van der Waals surface area contributed by atoms with Gasteiger partial charge in [-0.1, -0.05) is 32.9 Å². The van der Waals surface area contributed by atoms with Crippen molar-refractivity contribution in [2.45, 2.75) is 40.5 Å². The third-order valence-electron chi connectivity index (χ3n) is 4.09. The zero-order chi connectivity index (χ0) is 19.6. The molecule has 0 saturated heterocycles. The van der Waals surface area contributed by atoms with Gasteiger partial charge in [-0.3, -0.25) is 4.79 Å². The first-order valence-electron chi connectivity index (χ1n) is 9.00. The molecule has 0 aliphatic carbocycles. The smallest absolute Gasteiger partial charge is 0.258 e. The maximum atomic E-state index is 12.4. The van der Waals surface area contributed by atoms with Gasteiger partial charge in [-0.2, -0.15) is 10.1 Å². The number of pyridine rings is 1. The number of rotatable bonds is 6. The number of aromatic nitrogens is 5. The lowest BCUT2D eigenvalue weighted by atomic mass is 10.2. The van der Waals surface area contributed by atoms with Crippen LogP contribution in [0.3, 0.4) is 0 Å². The number of hydrogen-bond acceptors (Lipinski definition) is 6. The van der Waals surface area contributed by atoms with Crippen LogP contribution in [-0.4, -0.2) is 37.4 Å². The van der Waals surface area contributed by atoms with Crippen molar-refractivity contribution < 1.29 is 9.32 Å². The lowest BCUT2D eigenvalue weighted by molar-refractivity contribution is 0.0948. The molecule has 3 heterocycles. The maximum absolute atomic E-state index is 12.4. The Morgan fingerprint density at radius 3 is 2.74 bits per heavy atom. The molecule has 0 aromatic carbocycles. The number of amides is 1. The Labute approximate surface area is 158 Å². The first-order valence-corrected chi connectivity index (χ1v) is 9.00. The van der Waals surface area contributed by atoms with Crippen molar-refractivity contribution in [2.24, 2.45) is 5.92 Å². The largest absolute Gasteiger partial charge is 0.352 e. The van der Waals surface area contributed by atoms with Crippen LogP contribution in [-0.2, 0) is 0 Å². The van der Waals surface area contributed by atoms with Crippen molar-refractivity contribution in [1.82, 2.24) is 30.2 Å². The van der Waals surface area contributed by atoms with Crippen LogP contribution in [0.5, 0.6) is 0 Å². The van der Waals surface area contributed by atoms with Crippen LogP contribution in [0.4, 0.5) is 0 Å². The quantitative estimate of drug-likeness (QED) is 0.718. The molecule has 0 atom stereocenters. The predicted octanol–water partition coefficient (Wildman–Crippen LogP) is 3.13. The van der Waals surface area contributed by atoms with Gasteiger partial charge in [-0.15, -0.1) is 0 Å². The van der Waals surface area contributed by atoms with Gasteiger partial charge >= 0.3 is 0 Å². The van der Waals surface area contributed by atoms with E-state index in [4.69, 9.17) is 4.52 Å². The fourth-order valence-corrected chi connectivity index (χ4v) is 2.51. The molecule has 1 amide bonds. The van der Waals surface area contributed by atoms with Crippen LogP contribution < -0.4 is 5.32 Å². The van der Waals surface area contributed by atoms with Crippen molar-refractivity contribution in [1.29, 1.82) is 0 Å². The van der Waals surface area contributed by atoms with Crippen molar-refractivity contribution in [3.8, 4) is 17.3 Å². The van der Waals surface area contributed by atoms with Crippen LogP contribution in [0.1, 0.15) is 55.5 Å². The van der Waals surface area contributed by atoms with Crippen LogP contribution in [0.15, 0.2) is 29.0 Å². The standard InChI is InChI=1S/C19H24N6O2/c1-11(2)9-21-18(26)15-10-22-25(13(15)5)16-8-14(6-7-20-16)19-23-17(12(3)4)24-27-19/h6-8,10-12H,9H2,1-5H3,(H,21,26). The van der Waals surface area contributed by atoms with E-state index < -0.39 is 0 Å². The Morgan fingerprint density at radius 1 is 1.30 bits per heavy atom. The molecule has 3 aromatic heterocycles. The molecule has 0 aliphatic rings. The minimum Gasteiger partial charge on any atom is -0.352 e. The Balaban J connectivity index is 1.88. The average molecular weight is 368 g/mol. The summed E-state index contributed by atoms with van der Waals surface area (Å²) in [6, 6.07) is 3.61. The van der Waals surface area contributed by atoms with Crippen LogP contribution in [0.2, 0.25) is 0 Å². The molecule has 3 rings (SSSR count). The minimum atomic E-state index is -0.137. The molecule has 8 heteroatoms. The Kier molecular flexibility index (Phi) is 5.34. The van der Waals surface area contributed by atoms with E-state index in [2.05, 4.69) is 25.5 Å². The molecule has 0 spiro atoms. The maximum Gasteiger partial charge on any atom is 0.258 e. The monoisotopic (exact) mass is 368 g/mol. The van der Waals surface area contributed by atoms with Crippen LogP contribution in [0, 0.1) is 12.8 Å². The van der Waals surface area contributed by atoms with Crippen LogP contribution in [0.25, 0.3) is 17.3 Å². The van der Waals surface area contributed by atoms with E-state index in [0.717, 1.165) is 5.56 Å². The lowest BCUT2D eigenvalue weighted by Crippen LogP contribution is -2.27. The highest BCUT2D eigenvalue weighted by atomic mass is 16.5. The van der Waals surface area contributed by atoms with Gasteiger partial charge in [0.2, 0.25) is 0 Å². The zero-order valence-electron chi connectivity index (χ0n) is 16.2. The second-order valence-electron chi connectivity index (χ2n) is 7.17. The van der Waals surface area contributed by atoms with Gasteiger partial charge in [-0.05, 0) is 25.0 Å². The summed E-state index contributed by atoms with van der Waals surface area (Å²) >= 11 is 0. The highest BCUT2D eigenvalue weighted by Gasteiger charge is 2.17. The van der Waals surface area contributed by atoms with Gasteiger partial charge in [0.05, 0.1) is 17.5 Å². The second-order valence-corrected chi connectivity index (χ2v) is 7.17. The highest BCUT2D eigenvalue weighted by molar-refractivity contribution is 5.95. The highest BCUT2D eigenvalue weighted by Crippen LogP contribution is 2.22. The molecule has 0 radical (unpaired) electrons. The van der Waals surface area contributed by atoms with E-state index in [9.17, 15) is 4.79 Å². The molecule has 0 aliphatic heterocycles. The molecule has 0 fully saturated rings. The Bertz CT molecular complexity index is 941. The zero-order valence-corrected chi connectivity index (χ0v) is 16.2. The van der Waals surface area contributed by atoms with E-state index in [0.29, 0.717) is 41.3 Å². The molecule has 3 aromatic rings. The SMILES string of the molecule is Cc1c(C(=O)NCC(C)C)cnn1-c1cc(-c2nc(C(C)C)no2)ccn1. The summed E-state index contributed by atoms with van der Waals surface area (Å²) in [5, 5.41) is 11.2. The normalized spacial score (nSPS) is 11.4. The van der Waals surface area contributed by atoms with Gasteiger partial charge in [0, 0.05) is 24.2 Å². The molecular formula is C19H24N6O2. The first kappa shape index (κ1) is 18.8. The van der Waals surface area contributed by atoms with Crippen molar-refractivity contribution >= 4 is 5.91 Å². The van der Waals surface area contributed by atoms with E-state index in [1.165, 1.54) is 0 Å². The summed E-state index contributed by atoms with van der Waals surface area (Å²) < 4.78 is 6.98. The molecule has 27 heavy (non-hydrogen) atoms. The van der Waals surface area contributed by atoms with Gasteiger partial charge in [0.25, 0.3) is 11.8 Å². The molecule has 8 nitrogen and oxygen atoms in total. The van der Waals surface area contributed by atoms with E-state index in [-0.39, 0.29) is 11.8 Å². The number of nitrogens with zero attached hydrogens (tertiary/aromatic N) is 5. The lowest BCUT2D eigenvalue weighted by Gasteiger charge is -2.08. The van der Waals surface area contributed by atoms with Crippen LogP contribution >= 0.6 is 0 Å². The fraction of sp³-hybridized carbons (Fsp3) is 0.421. The molecule has 1 N–H and O–H groups in total. The van der Waals surface area contributed by atoms with Crippen molar-refractivity contribution in [3.05, 3.63) is 41.6 Å². The van der Waals surface area contributed by atoms with Gasteiger partial charge < -0.3 is 9.84 Å². The summed E-state index contributed by atoms with van der Waals surface area (Å²) in [5.74, 6) is 2.10. The minimum absolute atomic E-state index is 0.137. The number of nitrogens with one attached hydrogen (secondary N) is 1. The molecule has 0 unspecified atom stereocenters. The van der Waals surface area contributed by atoms with Crippen molar-refractivity contribution in [2.75, 3.05) is 6.54 Å². The average Bonchev–Trinajstić information content (AvgIpc) is 3.27. The molecule has 0 saturated carbocycles. The Hall–Kier alpha value is -3.03. The molecule has 142 valence electrons. The van der Waals surface area contributed by atoms with Gasteiger partial charge in [-0.25, -0.2) is 9.67 Å². The predicted molar refractivity (Wildman–Crippen MR) is 101 cm³/mol. The third kappa shape index (κ3) is 4.05. The van der Waals surface area contributed by atoms with Gasteiger partial charge in [0.15, 0.2) is 11.6 Å². The number of carbonyl (C=O) groups excluding carboxylic acids is 1. The molecular weight excluding hydrogens is 344 g/mol. The third-order valence-corrected chi connectivity index (χ3v) is 4.09. The number of hydrogen-bond donors (Lipinski definition) is 1. The summed E-state index contributed by atoms with van der Waals surface area (Å²) in [4.78, 5) is 21.1. The summed E-state index contributed by atoms with van der Waals surface area (Å²) in [6.07, 6.45) is 3.21.